The molecule has 0 aliphatic heterocycles. The van der Waals surface area contributed by atoms with Crippen LogP contribution in [0.15, 0.2) is 11.4 Å². The monoisotopic (exact) mass is 291 g/mol. The van der Waals surface area contributed by atoms with E-state index in [2.05, 4.69) is 23.6 Å². The van der Waals surface area contributed by atoms with Gasteiger partial charge in [0.25, 0.3) is 10.0 Å². The lowest BCUT2D eigenvalue weighted by Gasteiger charge is -2.19. The molecule has 0 saturated heterocycles. The van der Waals surface area contributed by atoms with Gasteiger partial charge in [0.2, 0.25) is 5.03 Å². The van der Waals surface area contributed by atoms with Gasteiger partial charge >= 0.3 is 0 Å². The second-order valence-corrected chi connectivity index (χ2v) is 7.08. The molecule has 1 N–H and O–H groups in total. The SMILES string of the molecule is CC1CCC(NS(=O)(=O)c2ncn(C)c2Cl)C1C. The van der Waals surface area contributed by atoms with Crippen LogP contribution in [0.25, 0.3) is 0 Å². The van der Waals surface area contributed by atoms with Gasteiger partial charge in [-0.1, -0.05) is 25.4 Å². The maximum atomic E-state index is 12.2. The Hall–Kier alpha value is -0.590. The fourth-order valence-corrected chi connectivity index (χ4v) is 4.15. The molecule has 1 heterocycles. The van der Waals surface area contributed by atoms with Crippen LogP contribution in [0.5, 0.6) is 0 Å². The third-order valence-corrected chi connectivity index (χ3v) is 5.84. The van der Waals surface area contributed by atoms with Crippen LogP contribution in [0, 0.1) is 11.8 Å². The summed E-state index contributed by atoms with van der Waals surface area (Å²) in [7, 11) is -1.96. The number of aromatic nitrogens is 2. The Bertz CT molecular complexity index is 540. The summed E-state index contributed by atoms with van der Waals surface area (Å²) in [6, 6.07) is -0.0249. The quantitative estimate of drug-likeness (QED) is 0.923. The van der Waals surface area contributed by atoms with Gasteiger partial charge in [-0.15, -0.1) is 0 Å². The zero-order chi connectivity index (χ0) is 13.5. The first kappa shape index (κ1) is 13.8. The van der Waals surface area contributed by atoms with E-state index in [1.807, 2.05) is 0 Å². The molecule has 0 spiro atoms. The molecule has 102 valence electrons. The van der Waals surface area contributed by atoms with Crippen molar-refractivity contribution >= 4 is 21.6 Å². The van der Waals surface area contributed by atoms with Crippen molar-refractivity contribution in [3.63, 3.8) is 0 Å². The second-order valence-electron chi connectivity index (χ2n) is 5.09. The summed E-state index contributed by atoms with van der Waals surface area (Å²) < 4.78 is 28.6. The van der Waals surface area contributed by atoms with Gasteiger partial charge in [-0.05, 0) is 24.7 Å². The Labute approximate surface area is 113 Å². The maximum Gasteiger partial charge on any atom is 0.261 e. The number of sulfonamides is 1. The van der Waals surface area contributed by atoms with Crippen LogP contribution < -0.4 is 4.72 Å². The highest BCUT2D eigenvalue weighted by Gasteiger charge is 2.34. The van der Waals surface area contributed by atoms with Crippen molar-refractivity contribution in [2.45, 2.75) is 37.8 Å². The molecule has 1 aromatic heterocycles. The van der Waals surface area contributed by atoms with Gasteiger partial charge in [-0.3, -0.25) is 0 Å². The van der Waals surface area contributed by atoms with Crippen molar-refractivity contribution < 1.29 is 8.42 Å². The lowest BCUT2D eigenvalue weighted by molar-refractivity contribution is 0.402. The summed E-state index contributed by atoms with van der Waals surface area (Å²) in [5.74, 6) is 0.874. The van der Waals surface area contributed by atoms with Crippen LogP contribution in [0.2, 0.25) is 5.15 Å². The van der Waals surface area contributed by atoms with E-state index in [1.165, 1.54) is 10.9 Å². The van der Waals surface area contributed by atoms with E-state index in [0.29, 0.717) is 11.8 Å². The van der Waals surface area contributed by atoms with E-state index in [9.17, 15) is 8.42 Å². The molecule has 1 saturated carbocycles. The lowest BCUT2D eigenvalue weighted by atomic mass is 9.98. The summed E-state index contributed by atoms with van der Waals surface area (Å²) in [5, 5.41) is 0.0552. The Morgan fingerprint density at radius 2 is 2.11 bits per heavy atom. The summed E-state index contributed by atoms with van der Waals surface area (Å²) in [4.78, 5) is 3.85. The summed E-state index contributed by atoms with van der Waals surface area (Å²) in [6.45, 7) is 4.22. The number of rotatable bonds is 3. The van der Waals surface area contributed by atoms with E-state index < -0.39 is 10.0 Å². The molecule has 0 aromatic carbocycles. The fraction of sp³-hybridized carbons (Fsp3) is 0.727. The number of nitrogens with zero attached hydrogens (tertiary/aromatic N) is 2. The average Bonchev–Trinajstić information content (AvgIpc) is 2.77. The van der Waals surface area contributed by atoms with Gasteiger partial charge in [0.05, 0.1) is 6.33 Å². The zero-order valence-electron chi connectivity index (χ0n) is 10.7. The van der Waals surface area contributed by atoms with Crippen LogP contribution >= 0.6 is 11.6 Å². The maximum absolute atomic E-state index is 12.2. The number of halogens is 1. The van der Waals surface area contributed by atoms with Gasteiger partial charge in [-0.25, -0.2) is 18.1 Å². The van der Waals surface area contributed by atoms with Gasteiger partial charge in [0.15, 0.2) is 0 Å². The van der Waals surface area contributed by atoms with Crippen molar-refractivity contribution in [2.24, 2.45) is 18.9 Å². The molecule has 18 heavy (non-hydrogen) atoms. The Morgan fingerprint density at radius 3 is 2.56 bits per heavy atom. The van der Waals surface area contributed by atoms with Gasteiger partial charge in [0.1, 0.15) is 5.15 Å². The number of hydrogen-bond acceptors (Lipinski definition) is 3. The first-order chi connectivity index (χ1) is 8.33. The number of imidazole rings is 1. The van der Waals surface area contributed by atoms with Crippen LogP contribution in [0.4, 0.5) is 0 Å². The molecule has 2 rings (SSSR count). The van der Waals surface area contributed by atoms with Crippen molar-refractivity contribution in [3.8, 4) is 0 Å². The largest absolute Gasteiger partial charge is 0.324 e. The normalized spacial score (nSPS) is 28.8. The number of aryl methyl sites for hydroxylation is 1. The highest BCUT2D eigenvalue weighted by molar-refractivity contribution is 7.89. The van der Waals surface area contributed by atoms with Gasteiger partial charge < -0.3 is 4.57 Å². The van der Waals surface area contributed by atoms with E-state index >= 15 is 0 Å². The molecule has 0 radical (unpaired) electrons. The molecular formula is C11H18ClN3O2S. The minimum absolute atomic E-state index is 0.0249. The molecule has 1 aliphatic rings. The second kappa shape index (κ2) is 4.83. The standard InChI is InChI=1S/C11H18ClN3O2S/c1-7-4-5-9(8(7)2)14-18(16,17)11-10(12)15(3)6-13-11/h6-9,14H,4-5H2,1-3H3. The third kappa shape index (κ3) is 2.41. The molecular weight excluding hydrogens is 274 g/mol. The van der Waals surface area contributed by atoms with Crippen molar-refractivity contribution in [3.05, 3.63) is 11.5 Å². The fourth-order valence-electron chi connectivity index (χ4n) is 2.36. The third-order valence-electron chi connectivity index (χ3n) is 3.86. The predicted molar refractivity (Wildman–Crippen MR) is 69.9 cm³/mol. The minimum atomic E-state index is -3.62. The van der Waals surface area contributed by atoms with Crippen LogP contribution in [0.3, 0.4) is 0 Å². The predicted octanol–water partition coefficient (Wildman–Crippen LogP) is 1.79. The molecule has 5 nitrogen and oxygen atoms in total. The van der Waals surface area contributed by atoms with Gasteiger partial charge in [0, 0.05) is 13.1 Å². The molecule has 3 atom stereocenters. The van der Waals surface area contributed by atoms with E-state index in [4.69, 9.17) is 11.6 Å². The van der Waals surface area contributed by atoms with Crippen LogP contribution in [0.1, 0.15) is 26.7 Å². The Kier molecular flexibility index (Phi) is 3.71. The smallest absolute Gasteiger partial charge is 0.261 e. The van der Waals surface area contributed by atoms with Crippen molar-refractivity contribution in [1.29, 1.82) is 0 Å². The molecule has 1 fully saturated rings. The molecule has 7 heteroatoms. The first-order valence-corrected chi connectivity index (χ1v) is 7.88. The minimum Gasteiger partial charge on any atom is -0.324 e. The van der Waals surface area contributed by atoms with E-state index in [0.717, 1.165) is 12.8 Å². The van der Waals surface area contributed by atoms with E-state index in [1.54, 1.807) is 7.05 Å². The Balaban J connectivity index is 2.21. The topological polar surface area (TPSA) is 64.0 Å². The van der Waals surface area contributed by atoms with E-state index in [-0.39, 0.29) is 16.2 Å². The van der Waals surface area contributed by atoms with Gasteiger partial charge in [-0.2, -0.15) is 0 Å². The molecule has 1 aromatic rings. The number of nitrogens with one attached hydrogen (secondary N) is 1. The van der Waals surface area contributed by atoms with Crippen LogP contribution in [-0.2, 0) is 17.1 Å². The molecule has 1 aliphatic carbocycles. The molecule has 3 unspecified atom stereocenters. The summed E-state index contributed by atoms with van der Waals surface area (Å²) in [6.07, 6.45) is 3.31. The first-order valence-electron chi connectivity index (χ1n) is 6.02. The van der Waals surface area contributed by atoms with Crippen LogP contribution in [-0.4, -0.2) is 24.0 Å². The summed E-state index contributed by atoms with van der Waals surface area (Å²) in [5.41, 5.74) is 0. The Morgan fingerprint density at radius 1 is 1.44 bits per heavy atom. The highest BCUT2D eigenvalue weighted by Crippen LogP contribution is 2.32. The average molecular weight is 292 g/mol. The highest BCUT2D eigenvalue weighted by atomic mass is 35.5. The lowest BCUT2D eigenvalue weighted by Crippen LogP contribution is -2.37. The molecule has 0 amide bonds. The molecule has 0 bridgehead atoms. The zero-order valence-corrected chi connectivity index (χ0v) is 12.3. The number of hydrogen-bond donors (Lipinski definition) is 1. The van der Waals surface area contributed by atoms with Crippen molar-refractivity contribution in [2.75, 3.05) is 0 Å². The summed E-state index contributed by atoms with van der Waals surface area (Å²) >= 11 is 5.93. The van der Waals surface area contributed by atoms with Crippen molar-refractivity contribution in [1.82, 2.24) is 14.3 Å².